The molecule has 0 atom stereocenters. The molecule has 0 amide bonds. The summed E-state index contributed by atoms with van der Waals surface area (Å²) in [6.07, 6.45) is 1.99. The molecule has 2 aromatic rings. The van der Waals surface area contributed by atoms with Gasteiger partial charge in [-0.25, -0.2) is 0 Å². The highest BCUT2D eigenvalue weighted by Crippen LogP contribution is 2.28. The molecule has 0 fully saturated rings. The fraction of sp³-hybridized carbons (Fsp3) is 0.188. The molecule has 1 heterocycles. The Labute approximate surface area is 139 Å². The lowest BCUT2D eigenvalue weighted by atomic mass is 9.98. The van der Waals surface area contributed by atoms with Crippen molar-refractivity contribution in [2.24, 2.45) is 0 Å². The molecule has 1 aliphatic rings. The minimum Gasteiger partial charge on any atom is -0.493 e. The number of aryl methyl sites for hydroxylation is 1. The number of hydrogen-bond acceptors (Lipinski definition) is 2. The zero-order chi connectivity index (χ0) is 14.1. The molecule has 4 heteroatoms. The molecule has 2 nitrogen and oxygen atoms in total. The highest BCUT2D eigenvalue weighted by Gasteiger charge is 2.17. The Morgan fingerprint density at radius 2 is 2.05 bits per heavy atom. The molecule has 0 aromatic heterocycles. The molecule has 2 aromatic carbocycles. The van der Waals surface area contributed by atoms with Crippen LogP contribution in [0.2, 0.25) is 0 Å². The molecule has 0 radical (unpaired) electrons. The number of fused-ring (bicyclic) bond motifs is 1. The van der Waals surface area contributed by atoms with Gasteiger partial charge in [-0.1, -0.05) is 15.9 Å². The molecule has 0 saturated carbocycles. The van der Waals surface area contributed by atoms with Gasteiger partial charge in [-0.3, -0.25) is 4.79 Å². The Hall–Kier alpha value is -0.880. The van der Waals surface area contributed by atoms with Gasteiger partial charge in [0.25, 0.3) is 0 Å². The van der Waals surface area contributed by atoms with Crippen molar-refractivity contribution in [3.05, 3.63) is 61.1 Å². The zero-order valence-electron chi connectivity index (χ0n) is 10.7. The summed E-state index contributed by atoms with van der Waals surface area (Å²) in [6.45, 7) is 0.767. The lowest BCUT2D eigenvalue weighted by Gasteiger charge is -2.17. The van der Waals surface area contributed by atoms with Crippen LogP contribution in [0.3, 0.4) is 0 Å². The predicted octanol–water partition coefficient (Wildman–Crippen LogP) is 4.61. The van der Waals surface area contributed by atoms with Gasteiger partial charge in [0.1, 0.15) is 5.75 Å². The Morgan fingerprint density at radius 1 is 1.20 bits per heavy atom. The zero-order valence-corrected chi connectivity index (χ0v) is 14.4. The first-order valence-corrected chi connectivity index (χ1v) is 8.28. The summed E-state index contributed by atoms with van der Waals surface area (Å²) < 4.78 is 7.47. The number of benzene rings is 2. The van der Waals surface area contributed by atoms with E-state index in [0.717, 1.165) is 44.4 Å². The molecule has 0 bridgehead atoms. The monoisotopic (exact) mass is 442 g/mol. The quantitative estimate of drug-likeness (QED) is 0.501. The number of halogens is 2. The summed E-state index contributed by atoms with van der Waals surface area (Å²) in [7, 11) is 0. The third-order valence-corrected chi connectivity index (χ3v) is 4.71. The third-order valence-electron chi connectivity index (χ3n) is 3.34. The lowest BCUT2D eigenvalue weighted by molar-refractivity contribution is 0.103. The number of rotatable bonds is 2. The maximum absolute atomic E-state index is 12.6. The standard InChI is InChI=1S/C16H12BrIO2/c17-14-5-4-12(18)9-13(14)16(19)11-3-6-15-10(8-11)2-1-7-20-15/h3-6,8-9H,1-2,7H2. The summed E-state index contributed by atoms with van der Waals surface area (Å²) in [5, 5.41) is 0. The molecule has 0 N–H and O–H groups in total. The second-order valence-corrected chi connectivity index (χ2v) is 6.83. The second-order valence-electron chi connectivity index (χ2n) is 4.73. The van der Waals surface area contributed by atoms with Crippen LogP contribution in [0.5, 0.6) is 5.75 Å². The first-order valence-electron chi connectivity index (χ1n) is 6.40. The summed E-state index contributed by atoms with van der Waals surface area (Å²) in [4.78, 5) is 12.6. The summed E-state index contributed by atoms with van der Waals surface area (Å²) in [5.74, 6) is 0.957. The number of carbonyl (C=O) groups is 1. The number of ether oxygens (including phenoxy) is 1. The molecule has 20 heavy (non-hydrogen) atoms. The van der Waals surface area contributed by atoms with Crippen LogP contribution < -0.4 is 4.74 Å². The van der Waals surface area contributed by atoms with Crippen LogP contribution in [0, 0.1) is 3.57 Å². The number of carbonyl (C=O) groups excluding carboxylic acids is 1. The molecule has 3 rings (SSSR count). The molecule has 0 unspecified atom stereocenters. The van der Waals surface area contributed by atoms with E-state index < -0.39 is 0 Å². The molecular formula is C16H12BrIO2. The molecule has 0 spiro atoms. The van der Waals surface area contributed by atoms with E-state index in [1.54, 1.807) is 0 Å². The Balaban J connectivity index is 2.00. The number of ketones is 1. The predicted molar refractivity (Wildman–Crippen MR) is 90.5 cm³/mol. The van der Waals surface area contributed by atoms with Gasteiger partial charge in [0.2, 0.25) is 0 Å². The van der Waals surface area contributed by atoms with Crippen LogP contribution in [-0.4, -0.2) is 12.4 Å². The van der Waals surface area contributed by atoms with Gasteiger partial charge in [0.15, 0.2) is 5.78 Å². The molecule has 1 aliphatic heterocycles. The molecule has 0 saturated heterocycles. The first kappa shape index (κ1) is 14.1. The van der Waals surface area contributed by atoms with E-state index in [9.17, 15) is 4.79 Å². The van der Waals surface area contributed by atoms with Gasteiger partial charge >= 0.3 is 0 Å². The van der Waals surface area contributed by atoms with Gasteiger partial charge in [0.05, 0.1) is 6.61 Å². The Kier molecular flexibility index (Phi) is 4.12. The van der Waals surface area contributed by atoms with Crippen molar-refractivity contribution in [1.82, 2.24) is 0 Å². The topological polar surface area (TPSA) is 26.3 Å². The van der Waals surface area contributed by atoms with Crippen molar-refractivity contribution >= 4 is 44.3 Å². The highest BCUT2D eigenvalue weighted by atomic mass is 127. The molecule has 102 valence electrons. The van der Waals surface area contributed by atoms with E-state index >= 15 is 0 Å². The average Bonchev–Trinajstić information content (AvgIpc) is 2.48. The van der Waals surface area contributed by atoms with Crippen LogP contribution in [0.15, 0.2) is 40.9 Å². The van der Waals surface area contributed by atoms with Crippen molar-refractivity contribution in [3.8, 4) is 5.75 Å². The van der Waals surface area contributed by atoms with E-state index in [1.165, 1.54) is 0 Å². The van der Waals surface area contributed by atoms with Crippen molar-refractivity contribution in [2.45, 2.75) is 12.8 Å². The van der Waals surface area contributed by atoms with Crippen LogP contribution in [-0.2, 0) is 6.42 Å². The van der Waals surface area contributed by atoms with Gasteiger partial charge in [-0.05, 0) is 77.4 Å². The van der Waals surface area contributed by atoms with Gasteiger partial charge < -0.3 is 4.74 Å². The SMILES string of the molecule is O=C(c1ccc2c(c1)CCCO2)c1cc(I)ccc1Br. The van der Waals surface area contributed by atoms with E-state index in [4.69, 9.17) is 4.74 Å². The maximum atomic E-state index is 12.6. The largest absolute Gasteiger partial charge is 0.493 e. The molecule has 0 aliphatic carbocycles. The minimum atomic E-state index is 0.0452. The van der Waals surface area contributed by atoms with Crippen molar-refractivity contribution in [1.29, 1.82) is 0 Å². The maximum Gasteiger partial charge on any atom is 0.194 e. The van der Waals surface area contributed by atoms with Crippen molar-refractivity contribution in [3.63, 3.8) is 0 Å². The molecular weight excluding hydrogens is 431 g/mol. The van der Waals surface area contributed by atoms with Gasteiger partial charge in [-0.2, -0.15) is 0 Å². The fourth-order valence-corrected chi connectivity index (χ4v) is 3.25. The van der Waals surface area contributed by atoms with Crippen molar-refractivity contribution in [2.75, 3.05) is 6.61 Å². The van der Waals surface area contributed by atoms with Crippen molar-refractivity contribution < 1.29 is 9.53 Å². The second kappa shape index (κ2) is 5.85. The third kappa shape index (κ3) is 2.76. The number of hydrogen-bond donors (Lipinski definition) is 0. The first-order chi connectivity index (χ1) is 9.65. The highest BCUT2D eigenvalue weighted by molar-refractivity contribution is 14.1. The summed E-state index contributed by atoms with van der Waals surface area (Å²) >= 11 is 5.67. The van der Waals surface area contributed by atoms with E-state index in [0.29, 0.717) is 5.56 Å². The lowest BCUT2D eigenvalue weighted by Crippen LogP contribution is -2.10. The fourth-order valence-electron chi connectivity index (χ4n) is 2.33. The smallest absolute Gasteiger partial charge is 0.194 e. The van der Waals surface area contributed by atoms with Gasteiger partial charge in [0, 0.05) is 19.2 Å². The normalized spacial score (nSPS) is 13.5. The van der Waals surface area contributed by atoms with Crippen LogP contribution in [0.1, 0.15) is 27.9 Å². The van der Waals surface area contributed by atoms with E-state index in [-0.39, 0.29) is 5.78 Å². The van der Waals surface area contributed by atoms with Crippen LogP contribution in [0.4, 0.5) is 0 Å². The Bertz CT molecular complexity index is 682. The Morgan fingerprint density at radius 3 is 2.90 bits per heavy atom. The van der Waals surface area contributed by atoms with Crippen LogP contribution in [0.25, 0.3) is 0 Å². The van der Waals surface area contributed by atoms with Crippen LogP contribution >= 0.6 is 38.5 Å². The summed E-state index contributed by atoms with van der Waals surface area (Å²) in [6, 6.07) is 11.5. The minimum absolute atomic E-state index is 0.0452. The average molecular weight is 443 g/mol. The van der Waals surface area contributed by atoms with Gasteiger partial charge in [-0.15, -0.1) is 0 Å². The van der Waals surface area contributed by atoms with E-state index in [1.807, 2.05) is 36.4 Å². The van der Waals surface area contributed by atoms with E-state index in [2.05, 4.69) is 38.5 Å². The summed E-state index contributed by atoms with van der Waals surface area (Å²) in [5.41, 5.74) is 2.55.